The molecule has 0 fully saturated rings. The predicted molar refractivity (Wildman–Crippen MR) is 77.5 cm³/mol. The molecule has 0 radical (unpaired) electrons. The minimum Gasteiger partial charge on any atom is -0.376 e. The molecule has 0 unspecified atom stereocenters. The van der Waals surface area contributed by atoms with Crippen LogP contribution in [-0.2, 0) is 0 Å². The SMILES string of the molecule is NC(=S)Nc1cc2cccnc2c2ncccc12. The van der Waals surface area contributed by atoms with Crippen LogP contribution in [0.2, 0.25) is 0 Å². The first-order chi connectivity index (χ1) is 8.75. The van der Waals surface area contributed by atoms with Gasteiger partial charge in [0.05, 0.1) is 16.7 Å². The summed E-state index contributed by atoms with van der Waals surface area (Å²) in [5, 5.41) is 5.18. The molecular formula is C13H10N4S. The van der Waals surface area contributed by atoms with Gasteiger partial charge in [0.2, 0.25) is 0 Å². The maximum Gasteiger partial charge on any atom is 0.168 e. The largest absolute Gasteiger partial charge is 0.376 e. The van der Waals surface area contributed by atoms with Crippen molar-refractivity contribution in [2.75, 3.05) is 5.32 Å². The number of thiocarbonyl (C=S) groups is 1. The van der Waals surface area contributed by atoms with Crippen molar-refractivity contribution in [3.63, 3.8) is 0 Å². The molecule has 88 valence electrons. The number of benzene rings is 1. The van der Waals surface area contributed by atoms with Gasteiger partial charge < -0.3 is 11.1 Å². The number of nitrogens with two attached hydrogens (primary N) is 1. The van der Waals surface area contributed by atoms with Crippen LogP contribution in [0.15, 0.2) is 42.7 Å². The van der Waals surface area contributed by atoms with Crippen LogP contribution < -0.4 is 11.1 Å². The Labute approximate surface area is 109 Å². The highest BCUT2D eigenvalue weighted by Gasteiger charge is 2.08. The van der Waals surface area contributed by atoms with Crippen molar-refractivity contribution in [1.29, 1.82) is 0 Å². The Balaban J connectivity index is 2.42. The average molecular weight is 254 g/mol. The molecule has 2 aromatic heterocycles. The molecule has 0 saturated heterocycles. The topological polar surface area (TPSA) is 63.8 Å². The van der Waals surface area contributed by atoms with Gasteiger partial charge in [0.15, 0.2) is 5.11 Å². The highest BCUT2D eigenvalue weighted by atomic mass is 32.1. The van der Waals surface area contributed by atoms with Crippen LogP contribution in [0.1, 0.15) is 0 Å². The molecule has 0 aliphatic carbocycles. The molecule has 3 aromatic rings. The number of pyridine rings is 2. The molecule has 0 spiro atoms. The van der Waals surface area contributed by atoms with Gasteiger partial charge in [-0.1, -0.05) is 6.07 Å². The Kier molecular flexibility index (Phi) is 2.53. The summed E-state index contributed by atoms with van der Waals surface area (Å²) in [7, 11) is 0. The zero-order chi connectivity index (χ0) is 12.5. The molecule has 0 saturated carbocycles. The third kappa shape index (κ3) is 1.74. The van der Waals surface area contributed by atoms with Crippen molar-refractivity contribution in [3.8, 4) is 0 Å². The van der Waals surface area contributed by atoms with Crippen LogP contribution >= 0.6 is 12.2 Å². The smallest absolute Gasteiger partial charge is 0.168 e. The van der Waals surface area contributed by atoms with Crippen LogP contribution in [0.3, 0.4) is 0 Å². The molecule has 3 rings (SSSR count). The fraction of sp³-hybridized carbons (Fsp3) is 0. The average Bonchev–Trinajstić information content (AvgIpc) is 2.38. The molecule has 18 heavy (non-hydrogen) atoms. The van der Waals surface area contributed by atoms with Crippen LogP contribution in [0.5, 0.6) is 0 Å². The second-order valence-corrected chi connectivity index (χ2v) is 4.33. The molecule has 5 heteroatoms. The summed E-state index contributed by atoms with van der Waals surface area (Å²) in [6.07, 6.45) is 3.51. The van der Waals surface area contributed by atoms with Gasteiger partial charge in [0.25, 0.3) is 0 Å². The fourth-order valence-corrected chi connectivity index (χ4v) is 2.12. The maximum atomic E-state index is 5.54. The van der Waals surface area contributed by atoms with Crippen LogP contribution in [0, 0.1) is 0 Å². The number of nitrogens with zero attached hydrogens (tertiary/aromatic N) is 2. The fourth-order valence-electron chi connectivity index (χ4n) is 2.01. The van der Waals surface area contributed by atoms with E-state index >= 15 is 0 Å². The second kappa shape index (κ2) is 4.19. The van der Waals surface area contributed by atoms with Crippen LogP contribution in [-0.4, -0.2) is 15.1 Å². The zero-order valence-electron chi connectivity index (χ0n) is 9.42. The van der Waals surface area contributed by atoms with E-state index in [2.05, 4.69) is 15.3 Å². The Bertz CT molecular complexity index is 754. The molecule has 0 amide bonds. The number of rotatable bonds is 1. The normalized spacial score (nSPS) is 10.7. The zero-order valence-corrected chi connectivity index (χ0v) is 10.2. The number of anilines is 1. The van der Waals surface area contributed by atoms with E-state index in [1.165, 1.54) is 0 Å². The maximum absolute atomic E-state index is 5.54. The van der Waals surface area contributed by atoms with Crippen LogP contribution in [0.25, 0.3) is 21.8 Å². The lowest BCUT2D eigenvalue weighted by molar-refractivity contribution is 1.37. The highest BCUT2D eigenvalue weighted by Crippen LogP contribution is 2.28. The van der Waals surface area contributed by atoms with Gasteiger partial charge in [-0.3, -0.25) is 9.97 Å². The van der Waals surface area contributed by atoms with Gasteiger partial charge >= 0.3 is 0 Å². The van der Waals surface area contributed by atoms with Gasteiger partial charge in [-0.25, -0.2) is 0 Å². The summed E-state index contributed by atoms with van der Waals surface area (Å²) in [5.41, 5.74) is 8.12. The van der Waals surface area contributed by atoms with Crippen molar-refractivity contribution in [2.24, 2.45) is 5.73 Å². The molecule has 0 aliphatic heterocycles. The van der Waals surface area contributed by atoms with Gasteiger partial charge in [0, 0.05) is 23.2 Å². The summed E-state index contributed by atoms with van der Waals surface area (Å²) >= 11 is 4.89. The lowest BCUT2D eigenvalue weighted by Crippen LogP contribution is -2.19. The summed E-state index contributed by atoms with van der Waals surface area (Å²) in [4.78, 5) is 8.77. The number of nitrogens with one attached hydrogen (secondary N) is 1. The van der Waals surface area contributed by atoms with E-state index < -0.39 is 0 Å². The van der Waals surface area contributed by atoms with Crippen molar-refractivity contribution in [1.82, 2.24) is 9.97 Å². The number of hydrogen-bond donors (Lipinski definition) is 2. The number of aromatic nitrogens is 2. The number of hydrogen-bond acceptors (Lipinski definition) is 3. The molecule has 3 N–H and O–H groups in total. The molecular weight excluding hydrogens is 244 g/mol. The van der Waals surface area contributed by atoms with Crippen molar-refractivity contribution < 1.29 is 0 Å². The molecule has 1 aromatic carbocycles. The van der Waals surface area contributed by atoms with Gasteiger partial charge in [-0.2, -0.15) is 0 Å². The summed E-state index contributed by atoms with van der Waals surface area (Å²) in [6, 6.07) is 9.70. The van der Waals surface area contributed by atoms with E-state index in [1.54, 1.807) is 12.4 Å². The standard InChI is InChI=1S/C13H10N4S/c14-13(18)17-10-7-8-3-1-5-15-11(8)12-9(10)4-2-6-16-12/h1-7H,(H3,14,17,18). The Hall–Kier alpha value is -2.27. The monoisotopic (exact) mass is 254 g/mol. The van der Waals surface area contributed by atoms with E-state index in [0.29, 0.717) is 0 Å². The Morgan fingerprint density at radius 1 is 1.11 bits per heavy atom. The van der Waals surface area contributed by atoms with Crippen molar-refractivity contribution in [3.05, 3.63) is 42.7 Å². The van der Waals surface area contributed by atoms with Crippen LogP contribution in [0.4, 0.5) is 5.69 Å². The lowest BCUT2D eigenvalue weighted by atomic mass is 10.1. The number of fused-ring (bicyclic) bond motifs is 3. The minimum absolute atomic E-state index is 0.239. The molecule has 0 aliphatic rings. The van der Waals surface area contributed by atoms with E-state index in [4.69, 9.17) is 18.0 Å². The van der Waals surface area contributed by atoms with E-state index in [-0.39, 0.29) is 5.11 Å². The molecule has 0 bridgehead atoms. The summed E-state index contributed by atoms with van der Waals surface area (Å²) in [5.74, 6) is 0. The minimum atomic E-state index is 0.239. The molecule has 4 nitrogen and oxygen atoms in total. The second-order valence-electron chi connectivity index (χ2n) is 3.89. The Morgan fingerprint density at radius 2 is 1.83 bits per heavy atom. The first-order valence-corrected chi connectivity index (χ1v) is 5.85. The van der Waals surface area contributed by atoms with Gasteiger partial charge in [0.1, 0.15) is 0 Å². The molecule has 2 heterocycles. The third-order valence-electron chi connectivity index (χ3n) is 2.72. The first kappa shape index (κ1) is 10.9. The van der Waals surface area contributed by atoms with E-state index in [0.717, 1.165) is 27.5 Å². The summed E-state index contributed by atoms with van der Waals surface area (Å²) < 4.78 is 0. The third-order valence-corrected chi connectivity index (χ3v) is 2.82. The molecule has 0 atom stereocenters. The Morgan fingerprint density at radius 3 is 2.61 bits per heavy atom. The van der Waals surface area contributed by atoms with Gasteiger partial charge in [-0.05, 0) is 36.5 Å². The summed E-state index contributed by atoms with van der Waals surface area (Å²) in [6.45, 7) is 0. The highest BCUT2D eigenvalue weighted by molar-refractivity contribution is 7.80. The van der Waals surface area contributed by atoms with E-state index in [1.807, 2.05) is 30.3 Å². The van der Waals surface area contributed by atoms with Crippen molar-refractivity contribution in [2.45, 2.75) is 0 Å². The lowest BCUT2D eigenvalue weighted by Gasteiger charge is -2.09. The predicted octanol–water partition coefficient (Wildman–Crippen LogP) is 2.44. The quantitative estimate of drug-likeness (QED) is 0.516. The van der Waals surface area contributed by atoms with Gasteiger partial charge in [-0.15, -0.1) is 0 Å². The van der Waals surface area contributed by atoms with Crippen molar-refractivity contribution >= 4 is 44.8 Å². The first-order valence-electron chi connectivity index (χ1n) is 5.44. The van der Waals surface area contributed by atoms with E-state index in [9.17, 15) is 0 Å².